The van der Waals surface area contributed by atoms with Crippen LogP contribution in [0.5, 0.6) is 11.6 Å². The van der Waals surface area contributed by atoms with Gasteiger partial charge in [0.15, 0.2) is 0 Å². The molecule has 0 radical (unpaired) electrons. The van der Waals surface area contributed by atoms with Crippen LogP contribution in [-0.4, -0.2) is 9.97 Å². The van der Waals surface area contributed by atoms with Gasteiger partial charge in [0.1, 0.15) is 12.1 Å². The molecule has 0 aliphatic carbocycles. The van der Waals surface area contributed by atoms with E-state index in [1.165, 1.54) is 6.33 Å². The first-order valence-corrected chi connectivity index (χ1v) is 6.53. The molecule has 0 unspecified atom stereocenters. The van der Waals surface area contributed by atoms with E-state index in [1.807, 2.05) is 30.3 Å². The van der Waals surface area contributed by atoms with Crippen molar-refractivity contribution >= 4 is 33.4 Å². The van der Waals surface area contributed by atoms with Crippen molar-refractivity contribution in [3.05, 3.63) is 58.6 Å². The van der Waals surface area contributed by atoms with Gasteiger partial charge in [0.05, 0.1) is 3.57 Å². The summed E-state index contributed by atoms with van der Waals surface area (Å²) in [5.74, 6) is 1.40. The zero-order valence-corrected chi connectivity index (χ0v) is 11.5. The largest absolute Gasteiger partial charge is 0.437 e. The summed E-state index contributed by atoms with van der Waals surface area (Å²) in [4.78, 5) is 8.09. The minimum Gasteiger partial charge on any atom is -0.437 e. The minimum atomic E-state index is 0.585. The molecule has 88 valence electrons. The zero-order valence-electron chi connectivity index (χ0n) is 9.38. The molecule has 0 saturated carbocycles. The summed E-state index contributed by atoms with van der Waals surface area (Å²) in [7, 11) is 0. The number of fused-ring (bicyclic) bond motifs is 1. The van der Waals surface area contributed by atoms with Gasteiger partial charge in [0.25, 0.3) is 0 Å². The maximum atomic E-state index is 5.86. The highest BCUT2D eigenvalue weighted by molar-refractivity contribution is 14.1. The molecule has 2 aromatic carbocycles. The first-order valence-electron chi connectivity index (χ1n) is 5.46. The zero-order chi connectivity index (χ0) is 12.4. The van der Waals surface area contributed by atoms with Crippen LogP contribution in [0.2, 0.25) is 0 Å². The van der Waals surface area contributed by atoms with Crippen molar-refractivity contribution in [3.8, 4) is 11.6 Å². The second-order valence-electron chi connectivity index (χ2n) is 3.76. The number of hydrogen-bond acceptors (Lipinski definition) is 3. The van der Waals surface area contributed by atoms with Crippen molar-refractivity contribution in [3.63, 3.8) is 0 Å². The molecule has 0 saturated heterocycles. The van der Waals surface area contributed by atoms with Crippen LogP contribution in [0.15, 0.2) is 55.0 Å². The lowest BCUT2D eigenvalue weighted by Crippen LogP contribution is -1.92. The Morgan fingerprint density at radius 2 is 1.83 bits per heavy atom. The molecule has 0 atom stereocenters. The van der Waals surface area contributed by atoms with Gasteiger partial charge in [-0.25, -0.2) is 9.97 Å². The molecule has 18 heavy (non-hydrogen) atoms. The fourth-order valence-electron chi connectivity index (χ4n) is 1.77. The Hall–Kier alpha value is -1.69. The van der Waals surface area contributed by atoms with Crippen LogP contribution in [-0.2, 0) is 0 Å². The maximum Gasteiger partial charge on any atom is 0.235 e. The van der Waals surface area contributed by atoms with Crippen LogP contribution in [0.4, 0.5) is 0 Å². The summed E-state index contributed by atoms with van der Waals surface area (Å²) in [5, 5.41) is 2.23. The van der Waals surface area contributed by atoms with E-state index < -0.39 is 0 Å². The fraction of sp³-hybridized carbons (Fsp3) is 0. The highest BCUT2D eigenvalue weighted by Crippen LogP contribution is 2.30. The molecule has 4 heteroatoms. The molecule has 0 aliphatic heterocycles. The predicted molar refractivity (Wildman–Crippen MR) is 78.8 cm³/mol. The molecular formula is C14H9IN2O. The van der Waals surface area contributed by atoms with Crippen LogP contribution in [0, 0.1) is 3.57 Å². The van der Waals surface area contributed by atoms with Gasteiger partial charge in [-0.2, -0.15) is 0 Å². The quantitative estimate of drug-likeness (QED) is 0.656. The molecule has 0 N–H and O–H groups in total. The highest BCUT2D eigenvalue weighted by atomic mass is 127. The summed E-state index contributed by atoms with van der Waals surface area (Å²) in [6, 6.07) is 14.1. The Balaban J connectivity index is 2.08. The van der Waals surface area contributed by atoms with Crippen LogP contribution in [0.3, 0.4) is 0 Å². The molecule has 1 heterocycles. The van der Waals surface area contributed by atoms with Gasteiger partial charge in [-0.05, 0) is 34.0 Å². The lowest BCUT2D eigenvalue weighted by atomic mass is 10.1. The van der Waals surface area contributed by atoms with E-state index in [1.54, 1.807) is 6.20 Å². The Morgan fingerprint density at radius 1 is 1.00 bits per heavy atom. The van der Waals surface area contributed by atoms with Crippen LogP contribution in [0.25, 0.3) is 10.8 Å². The number of benzene rings is 2. The summed E-state index contributed by atoms with van der Waals surface area (Å²) < 4.78 is 6.76. The summed E-state index contributed by atoms with van der Waals surface area (Å²) in [6.45, 7) is 0. The van der Waals surface area contributed by atoms with Crippen LogP contribution >= 0.6 is 22.6 Å². The second kappa shape index (κ2) is 4.89. The molecule has 0 bridgehead atoms. The van der Waals surface area contributed by atoms with Gasteiger partial charge >= 0.3 is 0 Å². The van der Waals surface area contributed by atoms with E-state index in [4.69, 9.17) is 4.74 Å². The monoisotopic (exact) mass is 348 g/mol. The van der Waals surface area contributed by atoms with Crippen LogP contribution < -0.4 is 4.74 Å². The van der Waals surface area contributed by atoms with Crippen molar-refractivity contribution in [1.82, 2.24) is 9.97 Å². The lowest BCUT2D eigenvalue weighted by Gasteiger charge is -2.08. The SMILES string of the molecule is Ic1cncnc1Oc1cccc2ccccc12. The lowest BCUT2D eigenvalue weighted by molar-refractivity contribution is 0.463. The molecule has 0 amide bonds. The van der Waals surface area contributed by atoms with Crippen LogP contribution in [0.1, 0.15) is 0 Å². The third-order valence-electron chi connectivity index (χ3n) is 2.59. The van der Waals surface area contributed by atoms with E-state index in [-0.39, 0.29) is 0 Å². The van der Waals surface area contributed by atoms with E-state index in [0.717, 1.165) is 20.1 Å². The molecule has 0 spiro atoms. The fourth-order valence-corrected chi connectivity index (χ4v) is 2.18. The average molecular weight is 348 g/mol. The van der Waals surface area contributed by atoms with E-state index in [2.05, 4.69) is 44.7 Å². The molecule has 0 fully saturated rings. The van der Waals surface area contributed by atoms with Crippen molar-refractivity contribution in [1.29, 1.82) is 0 Å². The Labute approximate surface area is 118 Å². The van der Waals surface area contributed by atoms with Gasteiger partial charge in [-0.1, -0.05) is 36.4 Å². The van der Waals surface area contributed by atoms with Gasteiger partial charge < -0.3 is 4.74 Å². The summed E-state index contributed by atoms with van der Waals surface area (Å²) in [5.41, 5.74) is 0. The molecule has 3 aromatic rings. The molecule has 3 rings (SSSR count). The van der Waals surface area contributed by atoms with Gasteiger partial charge in [0.2, 0.25) is 5.88 Å². The first-order chi connectivity index (χ1) is 8.84. The molecular weight excluding hydrogens is 339 g/mol. The summed E-state index contributed by atoms with van der Waals surface area (Å²) >= 11 is 2.16. The van der Waals surface area contributed by atoms with Gasteiger partial charge in [-0.15, -0.1) is 0 Å². The first kappa shape index (κ1) is 11.4. The summed E-state index contributed by atoms with van der Waals surface area (Å²) in [6.07, 6.45) is 3.22. The Bertz CT molecular complexity index is 695. The topological polar surface area (TPSA) is 35.0 Å². The third-order valence-corrected chi connectivity index (χ3v) is 3.33. The van der Waals surface area contributed by atoms with E-state index >= 15 is 0 Å². The molecule has 0 aliphatic rings. The number of halogens is 1. The third kappa shape index (κ3) is 2.15. The van der Waals surface area contributed by atoms with Crippen molar-refractivity contribution in [2.24, 2.45) is 0 Å². The molecule has 1 aromatic heterocycles. The molecule has 3 nitrogen and oxygen atoms in total. The Kier molecular flexibility index (Phi) is 3.10. The van der Waals surface area contributed by atoms with Crippen molar-refractivity contribution in [2.45, 2.75) is 0 Å². The number of ether oxygens (including phenoxy) is 1. The number of rotatable bonds is 2. The predicted octanol–water partition coefficient (Wildman–Crippen LogP) is 4.03. The van der Waals surface area contributed by atoms with E-state index in [9.17, 15) is 0 Å². The maximum absolute atomic E-state index is 5.86. The van der Waals surface area contributed by atoms with E-state index in [0.29, 0.717) is 5.88 Å². The second-order valence-corrected chi connectivity index (χ2v) is 4.92. The highest BCUT2D eigenvalue weighted by Gasteiger charge is 2.06. The Morgan fingerprint density at radius 3 is 2.72 bits per heavy atom. The van der Waals surface area contributed by atoms with Crippen molar-refractivity contribution in [2.75, 3.05) is 0 Å². The minimum absolute atomic E-state index is 0.585. The normalized spacial score (nSPS) is 10.5. The number of hydrogen-bond donors (Lipinski definition) is 0. The smallest absolute Gasteiger partial charge is 0.235 e. The van der Waals surface area contributed by atoms with Gasteiger partial charge in [0, 0.05) is 11.6 Å². The standard InChI is InChI=1S/C14H9IN2O/c15-12-8-16-9-17-14(12)18-13-7-3-5-10-4-1-2-6-11(10)13/h1-9H. The van der Waals surface area contributed by atoms with Gasteiger partial charge in [-0.3, -0.25) is 0 Å². The number of nitrogens with zero attached hydrogens (tertiary/aromatic N) is 2. The number of aromatic nitrogens is 2. The average Bonchev–Trinajstić information content (AvgIpc) is 2.42. The van der Waals surface area contributed by atoms with Crippen molar-refractivity contribution < 1.29 is 4.74 Å².